The first-order valence-electron chi connectivity index (χ1n) is 9.45. The monoisotopic (exact) mass is 346 g/mol. The van der Waals surface area contributed by atoms with Gasteiger partial charge in [-0.3, -0.25) is 14.7 Å². The van der Waals surface area contributed by atoms with E-state index >= 15 is 0 Å². The van der Waals surface area contributed by atoms with Gasteiger partial charge in [-0.05, 0) is 25.2 Å². The highest BCUT2D eigenvalue weighted by Crippen LogP contribution is 2.33. The van der Waals surface area contributed by atoms with Crippen molar-refractivity contribution in [1.82, 2.24) is 20.1 Å². The van der Waals surface area contributed by atoms with Crippen molar-refractivity contribution in [2.45, 2.75) is 26.5 Å². The quantitative estimate of drug-likeness (QED) is 0.761. The number of rotatable bonds is 8. The number of nitrogens with one attached hydrogen (secondary N) is 1. The number of pyridine rings is 1. The van der Waals surface area contributed by atoms with Crippen LogP contribution in [0, 0.1) is 11.8 Å². The molecule has 0 saturated carbocycles. The molecule has 0 radical (unpaired) electrons. The highest BCUT2D eigenvalue weighted by molar-refractivity contribution is 5.79. The van der Waals surface area contributed by atoms with E-state index in [1.807, 2.05) is 18.2 Å². The molecule has 0 bridgehead atoms. The predicted molar refractivity (Wildman–Crippen MR) is 97.0 cm³/mol. The van der Waals surface area contributed by atoms with E-state index in [-0.39, 0.29) is 17.9 Å². The highest BCUT2D eigenvalue weighted by Gasteiger charge is 2.46. The number of aromatic nitrogens is 1. The van der Waals surface area contributed by atoms with Crippen molar-refractivity contribution in [3.05, 3.63) is 30.1 Å². The Morgan fingerprint density at radius 2 is 2.20 bits per heavy atom. The first-order valence-corrected chi connectivity index (χ1v) is 9.45. The van der Waals surface area contributed by atoms with Crippen LogP contribution in [0.3, 0.4) is 0 Å². The molecule has 1 N–H and O–H groups in total. The second-order valence-electron chi connectivity index (χ2n) is 6.97. The molecular formula is C19H30N4O2. The van der Waals surface area contributed by atoms with Gasteiger partial charge < -0.3 is 15.0 Å². The Morgan fingerprint density at radius 1 is 1.36 bits per heavy atom. The van der Waals surface area contributed by atoms with Crippen LogP contribution in [0.25, 0.3) is 0 Å². The number of hydrogen-bond donors (Lipinski definition) is 1. The van der Waals surface area contributed by atoms with Crippen molar-refractivity contribution in [1.29, 1.82) is 0 Å². The fourth-order valence-electron chi connectivity index (χ4n) is 3.88. The predicted octanol–water partition coefficient (Wildman–Crippen LogP) is 0.986. The summed E-state index contributed by atoms with van der Waals surface area (Å²) in [5.74, 6) is 0.386. The van der Waals surface area contributed by atoms with Crippen molar-refractivity contribution in [2.75, 3.05) is 45.9 Å². The standard InChI is InChI=1S/C19H30N4O2/c1-3-22(4-2)9-10-23-12-16-17(14-25-18(16)13-23)19(24)21-11-15-7-5-6-8-20-15/h5-8,16-18H,3-4,9-14H2,1-2H3,(H,21,24)/t16-,17+,18-/m1/s1. The Hall–Kier alpha value is -1.50. The zero-order valence-corrected chi connectivity index (χ0v) is 15.4. The summed E-state index contributed by atoms with van der Waals surface area (Å²) < 4.78 is 5.92. The molecule has 1 aromatic rings. The minimum Gasteiger partial charge on any atom is -0.376 e. The molecule has 1 aromatic heterocycles. The Balaban J connectivity index is 1.47. The average molecular weight is 346 g/mol. The van der Waals surface area contributed by atoms with Gasteiger partial charge >= 0.3 is 0 Å². The summed E-state index contributed by atoms with van der Waals surface area (Å²) in [4.78, 5) is 21.7. The Bertz CT molecular complexity index is 550. The van der Waals surface area contributed by atoms with E-state index in [2.05, 4.69) is 33.9 Å². The number of ether oxygens (including phenoxy) is 1. The molecule has 25 heavy (non-hydrogen) atoms. The van der Waals surface area contributed by atoms with Crippen LogP contribution in [-0.2, 0) is 16.1 Å². The minimum absolute atomic E-state index is 0.0350. The number of amides is 1. The molecule has 3 atom stereocenters. The van der Waals surface area contributed by atoms with Crippen LogP contribution in [0.15, 0.2) is 24.4 Å². The molecule has 2 aliphatic rings. The molecule has 2 aliphatic heterocycles. The first-order chi connectivity index (χ1) is 12.2. The second kappa shape index (κ2) is 8.74. The van der Waals surface area contributed by atoms with Crippen LogP contribution < -0.4 is 5.32 Å². The summed E-state index contributed by atoms with van der Waals surface area (Å²) in [5.41, 5.74) is 0.888. The zero-order valence-electron chi connectivity index (χ0n) is 15.4. The minimum atomic E-state index is -0.0350. The number of carbonyl (C=O) groups is 1. The van der Waals surface area contributed by atoms with Gasteiger partial charge in [-0.25, -0.2) is 0 Å². The van der Waals surface area contributed by atoms with Crippen LogP contribution in [0.4, 0.5) is 0 Å². The highest BCUT2D eigenvalue weighted by atomic mass is 16.5. The van der Waals surface area contributed by atoms with Gasteiger partial charge in [0.05, 0.1) is 30.9 Å². The molecule has 2 saturated heterocycles. The topological polar surface area (TPSA) is 57.7 Å². The third-order valence-electron chi connectivity index (χ3n) is 5.52. The van der Waals surface area contributed by atoms with Crippen molar-refractivity contribution in [3.63, 3.8) is 0 Å². The summed E-state index contributed by atoms with van der Waals surface area (Å²) in [7, 11) is 0. The van der Waals surface area contributed by atoms with E-state index in [1.54, 1.807) is 6.20 Å². The van der Waals surface area contributed by atoms with E-state index in [0.717, 1.165) is 45.0 Å². The smallest absolute Gasteiger partial charge is 0.226 e. The molecule has 138 valence electrons. The van der Waals surface area contributed by atoms with Gasteiger partial charge in [-0.2, -0.15) is 0 Å². The summed E-state index contributed by atoms with van der Waals surface area (Å²) in [6.45, 7) is 11.7. The molecule has 6 heteroatoms. The van der Waals surface area contributed by atoms with Crippen molar-refractivity contribution in [3.8, 4) is 0 Å². The van der Waals surface area contributed by atoms with E-state index in [4.69, 9.17) is 4.74 Å². The maximum absolute atomic E-state index is 12.6. The SMILES string of the molecule is CCN(CC)CCN1C[C@@H]2[C@@H](C(=O)NCc3ccccn3)CO[C@@H]2C1. The molecule has 0 spiro atoms. The lowest BCUT2D eigenvalue weighted by Crippen LogP contribution is -2.38. The number of hydrogen-bond acceptors (Lipinski definition) is 5. The molecule has 6 nitrogen and oxygen atoms in total. The summed E-state index contributed by atoms with van der Waals surface area (Å²) in [5, 5.41) is 3.03. The fourth-order valence-corrected chi connectivity index (χ4v) is 3.88. The third kappa shape index (κ3) is 4.57. The molecule has 0 aromatic carbocycles. The average Bonchev–Trinajstić information content (AvgIpc) is 3.21. The molecular weight excluding hydrogens is 316 g/mol. The largest absolute Gasteiger partial charge is 0.376 e. The van der Waals surface area contributed by atoms with Crippen LogP contribution in [-0.4, -0.2) is 72.7 Å². The molecule has 0 unspecified atom stereocenters. The molecule has 2 fully saturated rings. The number of carbonyl (C=O) groups excluding carboxylic acids is 1. The van der Waals surface area contributed by atoms with Crippen molar-refractivity contribution in [2.24, 2.45) is 11.8 Å². The molecule has 3 heterocycles. The van der Waals surface area contributed by atoms with E-state index < -0.39 is 0 Å². The molecule has 1 amide bonds. The lowest BCUT2D eigenvalue weighted by Gasteiger charge is -2.23. The Labute approximate surface area is 150 Å². The lowest BCUT2D eigenvalue weighted by molar-refractivity contribution is -0.126. The van der Waals surface area contributed by atoms with Gasteiger partial charge in [-0.1, -0.05) is 19.9 Å². The maximum atomic E-state index is 12.6. The van der Waals surface area contributed by atoms with E-state index in [1.165, 1.54) is 0 Å². The van der Waals surface area contributed by atoms with Gasteiger partial charge in [0, 0.05) is 38.3 Å². The third-order valence-corrected chi connectivity index (χ3v) is 5.52. The number of fused-ring (bicyclic) bond motifs is 1. The number of likely N-dealkylation sites (tertiary alicyclic amines) is 1. The number of nitrogens with zero attached hydrogens (tertiary/aromatic N) is 3. The normalized spacial score (nSPS) is 26.1. The number of likely N-dealkylation sites (N-methyl/N-ethyl adjacent to an activating group) is 1. The van der Waals surface area contributed by atoms with Crippen molar-refractivity contribution < 1.29 is 9.53 Å². The molecule has 3 rings (SSSR count). The molecule has 0 aliphatic carbocycles. The fraction of sp³-hybridized carbons (Fsp3) is 0.684. The van der Waals surface area contributed by atoms with E-state index in [0.29, 0.717) is 19.1 Å². The van der Waals surface area contributed by atoms with Gasteiger partial charge in [0.15, 0.2) is 0 Å². The lowest BCUT2D eigenvalue weighted by atomic mass is 9.92. The first kappa shape index (κ1) is 18.3. The van der Waals surface area contributed by atoms with Crippen molar-refractivity contribution >= 4 is 5.91 Å². The van der Waals surface area contributed by atoms with Crippen LogP contribution in [0.5, 0.6) is 0 Å². The zero-order chi connectivity index (χ0) is 17.6. The van der Waals surface area contributed by atoms with Gasteiger partial charge in [0.2, 0.25) is 5.91 Å². The maximum Gasteiger partial charge on any atom is 0.226 e. The summed E-state index contributed by atoms with van der Waals surface area (Å²) in [6.07, 6.45) is 1.96. The van der Waals surface area contributed by atoms with Gasteiger partial charge in [0.1, 0.15) is 0 Å². The van der Waals surface area contributed by atoms with Crippen LogP contribution in [0.2, 0.25) is 0 Å². The summed E-state index contributed by atoms with van der Waals surface area (Å²) >= 11 is 0. The van der Waals surface area contributed by atoms with Crippen LogP contribution in [0.1, 0.15) is 19.5 Å². The summed E-state index contributed by atoms with van der Waals surface area (Å²) in [6, 6.07) is 5.75. The van der Waals surface area contributed by atoms with E-state index in [9.17, 15) is 4.79 Å². The van der Waals surface area contributed by atoms with Crippen LogP contribution >= 0.6 is 0 Å². The van der Waals surface area contributed by atoms with Gasteiger partial charge in [-0.15, -0.1) is 0 Å². The Kier molecular flexibility index (Phi) is 6.39. The Morgan fingerprint density at radius 3 is 2.92 bits per heavy atom. The second-order valence-corrected chi connectivity index (χ2v) is 6.97. The van der Waals surface area contributed by atoms with Gasteiger partial charge in [0.25, 0.3) is 0 Å².